The third-order valence-corrected chi connectivity index (χ3v) is 1.86. The zero-order valence-electron chi connectivity index (χ0n) is 7.65. The highest BCUT2D eigenvalue weighted by Crippen LogP contribution is 2.24. The Balaban J connectivity index is 3.08. The summed E-state index contributed by atoms with van der Waals surface area (Å²) in [5, 5.41) is 0. The minimum absolute atomic E-state index is 0.169. The number of hydrogen-bond donors (Lipinski definition) is 2. The monoisotopic (exact) mass is 152 g/mol. The number of nitrogen functional groups attached to an aromatic ring is 1. The third kappa shape index (κ3) is 1.56. The largest absolute Gasteiger partial charge is 0.385 e. The fraction of sp³-hybridized carbons (Fsp3) is 0.556. The van der Waals surface area contributed by atoms with E-state index in [-0.39, 0.29) is 5.41 Å². The molecule has 62 valence electrons. The van der Waals surface area contributed by atoms with Crippen molar-refractivity contribution in [3.05, 3.63) is 17.3 Å². The number of nitrogens with two attached hydrogens (primary N) is 1. The van der Waals surface area contributed by atoms with Gasteiger partial charge in [0, 0.05) is 11.1 Å². The molecule has 0 unspecified atom stereocenters. The van der Waals surface area contributed by atoms with E-state index in [0.717, 1.165) is 11.4 Å². The molecule has 0 bridgehead atoms. The van der Waals surface area contributed by atoms with Crippen molar-refractivity contribution < 1.29 is 0 Å². The van der Waals surface area contributed by atoms with E-state index in [1.54, 1.807) is 0 Å². The standard InChI is InChI=1S/C9H16N2/c1-6-5-7(9(2,3)4)11-8(6)10/h5,11H,10H2,1-4H3. The molecule has 0 spiro atoms. The Labute approximate surface area is 67.8 Å². The molecule has 0 radical (unpaired) electrons. The summed E-state index contributed by atoms with van der Waals surface area (Å²) in [5.41, 5.74) is 8.19. The van der Waals surface area contributed by atoms with Crippen molar-refractivity contribution in [1.82, 2.24) is 4.98 Å². The molecule has 0 saturated heterocycles. The molecule has 11 heavy (non-hydrogen) atoms. The summed E-state index contributed by atoms with van der Waals surface area (Å²) in [7, 11) is 0. The van der Waals surface area contributed by atoms with Crippen LogP contribution < -0.4 is 5.73 Å². The summed E-state index contributed by atoms with van der Waals surface area (Å²) in [4.78, 5) is 3.16. The Bertz CT molecular complexity index is 234. The van der Waals surface area contributed by atoms with E-state index in [0.29, 0.717) is 0 Å². The fourth-order valence-corrected chi connectivity index (χ4v) is 0.978. The van der Waals surface area contributed by atoms with Crippen LogP contribution in [0.25, 0.3) is 0 Å². The highest BCUT2D eigenvalue weighted by molar-refractivity contribution is 5.43. The molecule has 1 aromatic heterocycles. The van der Waals surface area contributed by atoms with Crippen LogP contribution in [0.3, 0.4) is 0 Å². The van der Waals surface area contributed by atoms with Gasteiger partial charge in [0.2, 0.25) is 0 Å². The molecule has 0 atom stereocenters. The highest BCUT2D eigenvalue weighted by atomic mass is 14.9. The van der Waals surface area contributed by atoms with Crippen molar-refractivity contribution in [2.45, 2.75) is 33.1 Å². The minimum Gasteiger partial charge on any atom is -0.385 e. The van der Waals surface area contributed by atoms with Gasteiger partial charge < -0.3 is 10.7 Å². The van der Waals surface area contributed by atoms with Gasteiger partial charge in [-0.3, -0.25) is 0 Å². The van der Waals surface area contributed by atoms with Crippen molar-refractivity contribution in [3.8, 4) is 0 Å². The third-order valence-electron chi connectivity index (χ3n) is 1.86. The molecule has 1 aromatic rings. The van der Waals surface area contributed by atoms with Crippen molar-refractivity contribution in [2.24, 2.45) is 0 Å². The molecule has 0 amide bonds. The van der Waals surface area contributed by atoms with Crippen LogP contribution in [0.15, 0.2) is 6.07 Å². The first-order valence-electron chi connectivity index (χ1n) is 3.87. The number of hydrogen-bond acceptors (Lipinski definition) is 1. The summed E-state index contributed by atoms with van der Waals surface area (Å²) in [5.74, 6) is 0.787. The van der Waals surface area contributed by atoms with E-state index in [2.05, 4.69) is 31.8 Å². The van der Waals surface area contributed by atoms with E-state index in [1.165, 1.54) is 5.69 Å². The highest BCUT2D eigenvalue weighted by Gasteiger charge is 2.16. The van der Waals surface area contributed by atoms with Crippen LogP contribution in [-0.2, 0) is 5.41 Å². The maximum atomic E-state index is 5.68. The Hall–Kier alpha value is -0.920. The molecule has 1 rings (SSSR count). The molecule has 2 nitrogen and oxygen atoms in total. The van der Waals surface area contributed by atoms with Crippen molar-refractivity contribution >= 4 is 5.82 Å². The normalized spacial score (nSPS) is 12.0. The van der Waals surface area contributed by atoms with Gasteiger partial charge in [-0.05, 0) is 18.6 Å². The molecule has 0 aliphatic carbocycles. The lowest BCUT2D eigenvalue weighted by atomic mass is 9.92. The van der Waals surface area contributed by atoms with E-state index < -0.39 is 0 Å². The average Bonchev–Trinajstić information content (AvgIpc) is 2.11. The lowest BCUT2D eigenvalue weighted by Crippen LogP contribution is -2.11. The molecule has 2 heteroatoms. The van der Waals surface area contributed by atoms with Crippen LogP contribution in [0.4, 0.5) is 5.82 Å². The summed E-state index contributed by atoms with van der Waals surface area (Å²) < 4.78 is 0. The van der Waals surface area contributed by atoms with E-state index in [4.69, 9.17) is 5.73 Å². The molecule has 3 N–H and O–H groups in total. The molecule has 0 aliphatic rings. The second kappa shape index (κ2) is 2.29. The molecule has 1 heterocycles. The summed E-state index contributed by atoms with van der Waals surface area (Å²) in [6.45, 7) is 8.51. The number of H-pyrrole nitrogens is 1. The number of aromatic nitrogens is 1. The number of rotatable bonds is 0. The summed E-state index contributed by atoms with van der Waals surface area (Å²) >= 11 is 0. The zero-order chi connectivity index (χ0) is 8.65. The second-order valence-corrected chi connectivity index (χ2v) is 4.03. The second-order valence-electron chi connectivity index (χ2n) is 4.03. The average molecular weight is 152 g/mol. The minimum atomic E-state index is 0.169. The lowest BCUT2D eigenvalue weighted by Gasteiger charge is -2.15. The van der Waals surface area contributed by atoms with Gasteiger partial charge in [0.25, 0.3) is 0 Å². The molecule has 0 fully saturated rings. The number of aryl methyl sites for hydroxylation is 1. The van der Waals surface area contributed by atoms with E-state index >= 15 is 0 Å². The van der Waals surface area contributed by atoms with Crippen LogP contribution >= 0.6 is 0 Å². The first-order valence-corrected chi connectivity index (χ1v) is 3.87. The van der Waals surface area contributed by atoms with Crippen molar-refractivity contribution in [3.63, 3.8) is 0 Å². The summed E-state index contributed by atoms with van der Waals surface area (Å²) in [6.07, 6.45) is 0. The van der Waals surface area contributed by atoms with E-state index in [1.807, 2.05) is 6.92 Å². The van der Waals surface area contributed by atoms with Crippen LogP contribution in [0.2, 0.25) is 0 Å². The van der Waals surface area contributed by atoms with Crippen LogP contribution in [-0.4, -0.2) is 4.98 Å². The van der Waals surface area contributed by atoms with Gasteiger partial charge in [-0.1, -0.05) is 20.8 Å². The van der Waals surface area contributed by atoms with Crippen LogP contribution in [0, 0.1) is 6.92 Å². The van der Waals surface area contributed by atoms with Gasteiger partial charge in [-0.15, -0.1) is 0 Å². The Kier molecular flexibility index (Phi) is 1.70. The molecule has 0 aromatic carbocycles. The lowest BCUT2D eigenvalue weighted by molar-refractivity contribution is 0.573. The van der Waals surface area contributed by atoms with Gasteiger partial charge in [0.1, 0.15) is 5.82 Å². The topological polar surface area (TPSA) is 41.8 Å². The first-order chi connectivity index (χ1) is 4.91. The molecule has 0 aliphatic heterocycles. The van der Waals surface area contributed by atoms with Crippen LogP contribution in [0.1, 0.15) is 32.0 Å². The number of nitrogens with one attached hydrogen (secondary N) is 1. The quantitative estimate of drug-likeness (QED) is 0.588. The predicted molar refractivity (Wildman–Crippen MR) is 48.6 cm³/mol. The van der Waals surface area contributed by atoms with Gasteiger partial charge in [0.15, 0.2) is 0 Å². The first kappa shape index (κ1) is 8.18. The zero-order valence-corrected chi connectivity index (χ0v) is 7.65. The van der Waals surface area contributed by atoms with Gasteiger partial charge >= 0.3 is 0 Å². The fourth-order valence-electron chi connectivity index (χ4n) is 0.978. The number of aromatic amines is 1. The Morgan fingerprint density at radius 2 is 1.91 bits per heavy atom. The Morgan fingerprint density at radius 1 is 1.36 bits per heavy atom. The number of anilines is 1. The van der Waals surface area contributed by atoms with Gasteiger partial charge in [-0.25, -0.2) is 0 Å². The predicted octanol–water partition coefficient (Wildman–Crippen LogP) is 2.20. The summed E-state index contributed by atoms with van der Waals surface area (Å²) in [6, 6.07) is 2.11. The smallest absolute Gasteiger partial charge is 0.103 e. The van der Waals surface area contributed by atoms with Gasteiger partial charge in [0.05, 0.1) is 0 Å². The van der Waals surface area contributed by atoms with E-state index in [9.17, 15) is 0 Å². The van der Waals surface area contributed by atoms with Crippen molar-refractivity contribution in [2.75, 3.05) is 5.73 Å². The SMILES string of the molecule is Cc1cc(C(C)(C)C)[nH]c1N. The molecular formula is C9H16N2. The van der Waals surface area contributed by atoms with Crippen molar-refractivity contribution in [1.29, 1.82) is 0 Å². The van der Waals surface area contributed by atoms with Gasteiger partial charge in [-0.2, -0.15) is 0 Å². The maximum absolute atomic E-state index is 5.68. The Morgan fingerprint density at radius 3 is 2.09 bits per heavy atom. The molecule has 0 saturated carbocycles. The molecular weight excluding hydrogens is 136 g/mol. The van der Waals surface area contributed by atoms with Crippen LogP contribution in [0.5, 0.6) is 0 Å². The maximum Gasteiger partial charge on any atom is 0.103 e.